The zero-order chi connectivity index (χ0) is 12.8. The van der Waals surface area contributed by atoms with Crippen LogP contribution in [-0.2, 0) is 4.79 Å². The standard InChI is InChI=1S/C12H12N4O2/c13-9-3-5-10(6-4-9)18-8-12(17)15-11-2-1-7-14-16-11/h1-7H,8,13H2,(H,15,16,17). The van der Waals surface area contributed by atoms with E-state index >= 15 is 0 Å². The third-order valence-corrected chi connectivity index (χ3v) is 2.09. The highest BCUT2D eigenvalue weighted by molar-refractivity contribution is 5.90. The minimum absolute atomic E-state index is 0.0967. The van der Waals surface area contributed by atoms with Crippen LogP contribution in [0.5, 0.6) is 5.75 Å². The smallest absolute Gasteiger partial charge is 0.263 e. The Balaban J connectivity index is 1.83. The monoisotopic (exact) mass is 244 g/mol. The van der Waals surface area contributed by atoms with Crippen molar-refractivity contribution in [3.63, 3.8) is 0 Å². The van der Waals surface area contributed by atoms with Crippen LogP contribution >= 0.6 is 0 Å². The molecule has 2 aromatic rings. The molecule has 0 fully saturated rings. The highest BCUT2D eigenvalue weighted by Gasteiger charge is 2.04. The fraction of sp³-hybridized carbons (Fsp3) is 0.0833. The number of ether oxygens (including phenoxy) is 1. The molecule has 0 atom stereocenters. The van der Waals surface area contributed by atoms with Crippen LogP contribution in [0.3, 0.4) is 0 Å². The maximum atomic E-state index is 11.5. The van der Waals surface area contributed by atoms with Crippen molar-refractivity contribution in [2.75, 3.05) is 17.7 Å². The zero-order valence-electron chi connectivity index (χ0n) is 9.54. The molecule has 0 aliphatic heterocycles. The lowest BCUT2D eigenvalue weighted by atomic mass is 10.3. The molecule has 1 heterocycles. The number of amides is 1. The van der Waals surface area contributed by atoms with Gasteiger partial charge in [0.2, 0.25) is 0 Å². The van der Waals surface area contributed by atoms with Gasteiger partial charge in [0.1, 0.15) is 5.75 Å². The Morgan fingerprint density at radius 2 is 2.06 bits per heavy atom. The summed E-state index contributed by atoms with van der Waals surface area (Å²) in [6, 6.07) is 10.1. The average molecular weight is 244 g/mol. The second-order valence-corrected chi connectivity index (χ2v) is 3.51. The van der Waals surface area contributed by atoms with Gasteiger partial charge in [-0.3, -0.25) is 4.79 Å². The number of benzene rings is 1. The number of carbonyl (C=O) groups excluding carboxylic acids is 1. The fourth-order valence-corrected chi connectivity index (χ4v) is 1.26. The molecule has 0 unspecified atom stereocenters. The van der Waals surface area contributed by atoms with Crippen LogP contribution in [-0.4, -0.2) is 22.7 Å². The van der Waals surface area contributed by atoms with Crippen molar-refractivity contribution in [3.8, 4) is 5.75 Å². The van der Waals surface area contributed by atoms with Crippen LogP contribution in [0.15, 0.2) is 42.6 Å². The van der Waals surface area contributed by atoms with E-state index in [1.165, 1.54) is 6.20 Å². The first kappa shape index (κ1) is 11.8. The molecule has 1 amide bonds. The van der Waals surface area contributed by atoms with E-state index in [-0.39, 0.29) is 12.5 Å². The van der Waals surface area contributed by atoms with E-state index < -0.39 is 0 Å². The summed E-state index contributed by atoms with van der Waals surface area (Å²) in [5.74, 6) is 0.675. The number of nitrogens with two attached hydrogens (primary N) is 1. The van der Waals surface area contributed by atoms with Crippen LogP contribution in [0, 0.1) is 0 Å². The van der Waals surface area contributed by atoms with Crippen molar-refractivity contribution in [1.82, 2.24) is 10.2 Å². The van der Waals surface area contributed by atoms with E-state index in [1.54, 1.807) is 36.4 Å². The van der Waals surface area contributed by atoms with E-state index in [2.05, 4.69) is 15.5 Å². The average Bonchev–Trinajstić information content (AvgIpc) is 2.39. The summed E-state index contributed by atoms with van der Waals surface area (Å²) in [6.07, 6.45) is 1.53. The molecule has 92 valence electrons. The van der Waals surface area contributed by atoms with Crippen molar-refractivity contribution in [1.29, 1.82) is 0 Å². The lowest BCUT2D eigenvalue weighted by molar-refractivity contribution is -0.118. The van der Waals surface area contributed by atoms with Crippen molar-refractivity contribution >= 4 is 17.4 Å². The number of hydrogen-bond acceptors (Lipinski definition) is 5. The number of nitrogens with zero attached hydrogens (tertiary/aromatic N) is 2. The molecular weight excluding hydrogens is 232 g/mol. The molecule has 3 N–H and O–H groups in total. The Bertz CT molecular complexity index is 513. The molecule has 18 heavy (non-hydrogen) atoms. The van der Waals surface area contributed by atoms with E-state index in [1.807, 2.05) is 0 Å². The number of aromatic nitrogens is 2. The minimum atomic E-state index is -0.299. The van der Waals surface area contributed by atoms with Crippen molar-refractivity contribution in [2.24, 2.45) is 0 Å². The van der Waals surface area contributed by atoms with Gasteiger partial charge in [0.05, 0.1) is 0 Å². The van der Waals surface area contributed by atoms with Crippen LogP contribution in [0.1, 0.15) is 0 Å². The van der Waals surface area contributed by atoms with Crippen molar-refractivity contribution in [3.05, 3.63) is 42.6 Å². The normalized spacial score (nSPS) is 9.78. The highest BCUT2D eigenvalue weighted by atomic mass is 16.5. The summed E-state index contributed by atoms with van der Waals surface area (Å²) in [5, 5.41) is 9.94. The number of hydrogen-bond donors (Lipinski definition) is 2. The lowest BCUT2D eigenvalue weighted by Gasteiger charge is -2.06. The molecule has 0 aliphatic rings. The summed E-state index contributed by atoms with van der Waals surface area (Å²) in [5.41, 5.74) is 6.18. The summed E-state index contributed by atoms with van der Waals surface area (Å²) in [4.78, 5) is 11.5. The predicted octanol–water partition coefficient (Wildman–Crippen LogP) is 1.08. The van der Waals surface area contributed by atoms with E-state index in [0.717, 1.165) is 0 Å². The summed E-state index contributed by atoms with van der Waals surface area (Å²) in [7, 11) is 0. The summed E-state index contributed by atoms with van der Waals surface area (Å²) in [6.45, 7) is -0.0967. The van der Waals surface area contributed by atoms with Gasteiger partial charge in [-0.2, -0.15) is 5.10 Å². The molecule has 2 rings (SSSR count). The predicted molar refractivity (Wildman–Crippen MR) is 67.0 cm³/mol. The Hall–Kier alpha value is -2.63. The number of anilines is 2. The second kappa shape index (κ2) is 5.62. The molecule has 0 bridgehead atoms. The lowest BCUT2D eigenvalue weighted by Crippen LogP contribution is -2.20. The molecule has 1 aromatic heterocycles. The largest absolute Gasteiger partial charge is 0.484 e. The SMILES string of the molecule is Nc1ccc(OCC(=O)Nc2cccnn2)cc1. The molecule has 0 spiro atoms. The first-order valence-electron chi connectivity index (χ1n) is 5.30. The van der Waals surface area contributed by atoms with Gasteiger partial charge < -0.3 is 15.8 Å². The van der Waals surface area contributed by atoms with Gasteiger partial charge in [0.25, 0.3) is 5.91 Å². The fourth-order valence-electron chi connectivity index (χ4n) is 1.26. The third kappa shape index (κ3) is 3.44. The van der Waals surface area contributed by atoms with Gasteiger partial charge in [-0.15, -0.1) is 5.10 Å². The van der Waals surface area contributed by atoms with Gasteiger partial charge in [-0.25, -0.2) is 0 Å². The summed E-state index contributed by atoms with van der Waals surface area (Å²) >= 11 is 0. The first-order chi connectivity index (χ1) is 8.74. The third-order valence-electron chi connectivity index (χ3n) is 2.09. The Labute approximate surface area is 104 Å². The molecule has 1 aromatic carbocycles. The maximum Gasteiger partial charge on any atom is 0.263 e. The van der Waals surface area contributed by atoms with Gasteiger partial charge in [-0.05, 0) is 36.4 Å². The van der Waals surface area contributed by atoms with E-state index in [4.69, 9.17) is 10.5 Å². The van der Waals surface area contributed by atoms with Crippen LogP contribution in [0.25, 0.3) is 0 Å². The second-order valence-electron chi connectivity index (χ2n) is 3.51. The Morgan fingerprint density at radius 3 is 2.72 bits per heavy atom. The van der Waals surface area contributed by atoms with Crippen LogP contribution in [0.2, 0.25) is 0 Å². The van der Waals surface area contributed by atoms with Gasteiger partial charge in [-0.1, -0.05) is 0 Å². The molecular formula is C12H12N4O2. The molecule has 0 aliphatic carbocycles. The number of nitrogen functional groups attached to an aromatic ring is 1. The summed E-state index contributed by atoms with van der Waals surface area (Å²) < 4.78 is 5.28. The molecule has 0 saturated heterocycles. The number of nitrogens with one attached hydrogen (secondary N) is 1. The number of carbonyl (C=O) groups is 1. The number of rotatable bonds is 4. The quantitative estimate of drug-likeness (QED) is 0.785. The van der Waals surface area contributed by atoms with Crippen molar-refractivity contribution < 1.29 is 9.53 Å². The Morgan fingerprint density at radius 1 is 1.28 bits per heavy atom. The molecule has 0 saturated carbocycles. The molecule has 6 nitrogen and oxygen atoms in total. The van der Waals surface area contributed by atoms with Crippen LogP contribution < -0.4 is 15.8 Å². The van der Waals surface area contributed by atoms with Gasteiger partial charge >= 0.3 is 0 Å². The van der Waals surface area contributed by atoms with Gasteiger partial charge in [0.15, 0.2) is 12.4 Å². The Kier molecular flexibility index (Phi) is 3.70. The minimum Gasteiger partial charge on any atom is -0.484 e. The molecule has 6 heteroatoms. The highest BCUT2D eigenvalue weighted by Crippen LogP contribution is 2.12. The zero-order valence-corrected chi connectivity index (χ0v) is 9.54. The van der Waals surface area contributed by atoms with E-state index in [0.29, 0.717) is 17.3 Å². The first-order valence-corrected chi connectivity index (χ1v) is 5.30. The van der Waals surface area contributed by atoms with E-state index in [9.17, 15) is 4.79 Å². The molecule has 0 radical (unpaired) electrons. The maximum absolute atomic E-state index is 11.5. The topological polar surface area (TPSA) is 90.1 Å². The van der Waals surface area contributed by atoms with Crippen molar-refractivity contribution in [2.45, 2.75) is 0 Å². The van der Waals surface area contributed by atoms with Crippen LogP contribution in [0.4, 0.5) is 11.5 Å². The van der Waals surface area contributed by atoms with Gasteiger partial charge in [0, 0.05) is 11.9 Å².